The third-order valence-electron chi connectivity index (χ3n) is 9.11. The van der Waals surface area contributed by atoms with Crippen molar-refractivity contribution in [2.45, 2.75) is 38.3 Å². The average Bonchev–Trinajstić information content (AvgIpc) is 3.08. The molecule has 1 heterocycles. The Balaban J connectivity index is 1.35. The summed E-state index contributed by atoms with van der Waals surface area (Å²) in [6.07, 6.45) is 0.602. The second kappa shape index (κ2) is 15.8. The van der Waals surface area contributed by atoms with Crippen molar-refractivity contribution in [3.63, 3.8) is 0 Å². The number of nitrogens with zero attached hydrogens (tertiary/aromatic N) is 1. The zero-order valence-electron chi connectivity index (χ0n) is 28.9. The lowest BCUT2D eigenvalue weighted by molar-refractivity contribution is 0.0602. The maximum absolute atomic E-state index is 13.5. The SMILES string of the molecule is COc1cc(NC(=O)N[C@@H](CCN2CC(C(=O)c3ccc(F)cc3)C2)CO[Si](c2ccccc2)(c2ccccc2)C(C)(C)C)cc(OC)c1. The van der Waals surface area contributed by atoms with Crippen LogP contribution in [0.4, 0.5) is 14.9 Å². The molecule has 0 unspecified atom stereocenters. The predicted molar refractivity (Wildman–Crippen MR) is 194 cm³/mol. The van der Waals surface area contributed by atoms with Crippen LogP contribution in [-0.4, -0.2) is 71.5 Å². The van der Waals surface area contributed by atoms with Gasteiger partial charge in [0.05, 0.1) is 26.9 Å². The van der Waals surface area contributed by atoms with Crippen LogP contribution >= 0.6 is 0 Å². The average molecular weight is 684 g/mol. The van der Waals surface area contributed by atoms with E-state index in [0.717, 1.165) is 10.4 Å². The summed E-state index contributed by atoms with van der Waals surface area (Å²) in [5.41, 5.74) is 1.06. The van der Waals surface area contributed by atoms with Crippen LogP contribution in [0.25, 0.3) is 0 Å². The maximum Gasteiger partial charge on any atom is 0.319 e. The van der Waals surface area contributed by atoms with Crippen molar-refractivity contribution in [2.24, 2.45) is 5.92 Å². The molecule has 1 atom stereocenters. The molecule has 5 rings (SSSR count). The number of hydrogen-bond donors (Lipinski definition) is 2. The van der Waals surface area contributed by atoms with Crippen LogP contribution in [0.2, 0.25) is 5.04 Å². The van der Waals surface area contributed by atoms with Gasteiger partial charge in [-0.15, -0.1) is 0 Å². The van der Waals surface area contributed by atoms with E-state index in [2.05, 4.69) is 60.6 Å². The molecular formula is C39H46FN3O5Si. The Bertz CT molecular complexity index is 1630. The smallest absolute Gasteiger partial charge is 0.319 e. The quantitative estimate of drug-likeness (QED) is 0.123. The first kappa shape index (κ1) is 35.8. The summed E-state index contributed by atoms with van der Waals surface area (Å²) in [5, 5.41) is 8.19. The van der Waals surface area contributed by atoms with Gasteiger partial charge in [0, 0.05) is 55.0 Å². The van der Waals surface area contributed by atoms with Crippen LogP contribution in [0, 0.1) is 11.7 Å². The van der Waals surface area contributed by atoms with Gasteiger partial charge in [-0.3, -0.25) is 4.79 Å². The van der Waals surface area contributed by atoms with E-state index in [1.54, 1.807) is 44.6 Å². The second-order valence-electron chi connectivity index (χ2n) is 13.5. The number of halogens is 1. The number of rotatable bonds is 14. The number of hydrogen-bond acceptors (Lipinski definition) is 6. The number of Topliss-reactive ketones (excluding diaryl/α,β-unsaturated/α-hetero) is 1. The number of amides is 2. The monoisotopic (exact) mass is 683 g/mol. The van der Waals surface area contributed by atoms with E-state index in [9.17, 15) is 14.0 Å². The molecule has 0 aliphatic carbocycles. The molecule has 0 aromatic heterocycles. The van der Waals surface area contributed by atoms with Crippen LogP contribution in [0.15, 0.2) is 103 Å². The Morgan fingerprint density at radius 3 is 1.92 bits per heavy atom. The van der Waals surface area contributed by atoms with Gasteiger partial charge in [-0.2, -0.15) is 0 Å². The molecule has 0 bridgehead atoms. The van der Waals surface area contributed by atoms with Crippen LogP contribution < -0.4 is 30.5 Å². The summed E-state index contributed by atoms with van der Waals surface area (Å²) in [4.78, 5) is 28.7. The fourth-order valence-electron chi connectivity index (χ4n) is 6.52. The zero-order valence-corrected chi connectivity index (χ0v) is 29.9. The molecule has 4 aromatic rings. The Morgan fingerprint density at radius 1 is 0.857 bits per heavy atom. The number of methoxy groups -OCH3 is 2. The standard InChI is InChI=1S/C39H46FN3O5Si/c1-39(2,3)49(35-12-8-6-9-13-35,36-14-10-7-11-15-36)48-27-31(41-38(45)42-32-22-33(46-4)24-34(23-32)47-5)20-21-43-25-29(26-43)37(44)28-16-18-30(40)19-17-28/h6-19,22-24,29,31H,20-21,25-27H2,1-5H3,(H2,41,42,45)/t31-/m0/s1. The number of urea groups is 1. The number of anilines is 1. The van der Waals surface area contributed by atoms with Crippen molar-refractivity contribution >= 4 is 36.2 Å². The number of benzene rings is 4. The van der Waals surface area contributed by atoms with Crippen molar-refractivity contribution in [1.82, 2.24) is 10.2 Å². The molecule has 0 spiro atoms. The van der Waals surface area contributed by atoms with Gasteiger partial charge in [0.15, 0.2) is 5.78 Å². The van der Waals surface area contributed by atoms with Gasteiger partial charge in [0.1, 0.15) is 17.3 Å². The molecule has 1 aliphatic heterocycles. The first-order valence-electron chi connectivity index (χ1n) is 16.6. The zero-order chi connectivity index (χ0) is 35.0. The number of ether oxygens (including phenoxy) is 2. The summed E-state index contributed by atoms with van der Waals surface area (Å²) in [6.45, 7) is 8.83. The molecule has 1 aliphatic rings. The molecule has 2 amide bonds. The molecular weight excluding hydrogens is 638 g/mol. The third-order valence-corrected chi connectivity index (χ3v) is 14.1. The normalized spacial score (nSPS) is 14.4. The van der Waals surface area contributed by atoms with Gasteiger partial charge in [0.25, 0.3) is 8.32 Å². The van der Waals surface area contributed by atoms with Gasteiger partial charge in [0.2, 0.25) is 0 Å². The number of carbonyl (C=O) groups excluding carboxylic acids is 2. The lowest BCUT2D eigenvalue weighted by atomic mass is 9.90. The fourth-order valence-corrected chi connectivity index (χ4v) is 11.1. The summed E-state index contributed by atoms with van der Waals surface area (Å²) >= 11 is 0. The minimum Gasteiger partial charge on any atom is -0.497 e. The van der Waals surface area contributed by atoms with Gasteiger partial charge in [-0.05, 0) is 46.1 Å². The van der Waals surface area contributed by atoms with E-state index in [0.29, 0.717) is 48.8 Å². The number of ketones is 1. The van der Waals surface area contributed by atoms with E-state index in [1.165, 1.54) is 12.1 Å². The highest BCUT2D eigenvalue weighted by Crippen LogP contribution is 2.37. The second-order valence-corrected chi connectivity index (χ2v) is 17.8. The minimum absolute atomic E-state index is 0.0223. The molecule has 0 saturated carbocycles. The van der Waals surface area contributed by atoms with Crippen LogP contribution in [0.1, 0.15) is 37.6 Å². The van der Waals surface area contributed by atoms with Gasteiger partial charge < -0.3 is 29.4 Å². The summed E-state index contributed by atoms with van der Waals surface area (Å²) in [6, 6.07) is 31.0. The highest BCUT2D eigenvalue weighted by Gasteiger charge is 2.50. The minimum atomic E-state index is -2.87. The van der Waals surface area contributed by atoms with Crippen molar-refractivity contribution in [2.75, 3.05) is 45.8 Å². The Morgan fingerprint density at radius 2 is 1.41 bits per heavy atom. The van der Waals surface area contributed by atoms with Gasteiger partial charge in [-0.25, -0.2) is 9.18 Å². The molecule has 4 aromatic carbocycles. The molecule has 1 fully saturated rings. The maximum atomic E-state index is 13.5. The molecule has 258 valence electrons. The van der Waals surface area contributed by atoms with E-state index >= 15 is 0 Å². The number of carbonyl (C=O) groups is 2. The van der Waals surface area contributed by atoms with Crippen LogP contribution in [0.5, 0.6) is 11.5 Å². The number of likely N-dealkylation sites (tertiary alicyclic amines) is 1. The number of nitrogens with one attached hydrogen (secondary N) is 2. The highest BCUT2D eigenvalue weighted by atomic mass is 28.4. The summed E-state index contributed by atoms with van der Waals surface area (Å²) < 4.78 is 31.4. The lowest BCUT2D eigenvalue weighted by Crippen LogP contribution is -2.67. The van der Waals surface area contributed by atoms with Gasteiger partial charge in [-0.1, -0.05) is 81.4 Å². The Hall–Kier alpha value is -4.51. The Labute approximate surface area is 289 Å². The van der Waals surface area contributed by atoms with E-state index in [4.69, 9.17) is 13.9 Å². The summed E-state index contributed by atoms with van der Waals surface area (Å²) in [7, 11) is 0.250. The van der Waals surface area contributed by atoms with Crippen molar-refractivity contribution in [3.05, 3.63) is 115 Å². The first-order valence-corrected chi connectivity index (χ1v) is 18.5. The molecule has 1 saturated heterocycles. The van der Waals surface area contributed by atoms with E-state index in [1.807, 2.05) is 36.4 Å². The first-order chi connectivity index (χ1) is 23.5. The largest absolute Gasteiger partial charge is 0.497 e. The highest BCUT2D eigenvalue weighted by molar-refractivity contribution is 6.99. The summed E-state index contributed by atoms with van der Waals surface area (Å²) in [5.74, 6) is 0.637. The molecule has 49 heavy (non-hydrogen) atoms. The fraction of sp³-hybridized carbons (Fsp3) is 0.333. The van der Waals surface area contributed by atoms with Crippen LogP contribution in [-0.2, 0) is 4.43 Å². The molecule has 2 N–H and O–H groups in total. The van der Waals surface area contributed by atoms with Crippen molar-refractivity contribution < 1.29 is 27.9 Å². The Kier molecular flexibility index (Phi) is 11.5. The van der Waals surface area contributed by atoms with E-state index < -0.39 is 8.32 Å². The van der Waals surface area contributed by atoms with Gasteiger partial charge >= 0.3 is 6.03 Å². The van der Waals surface area contributed by atoms with Crippen LogP contribution in [0.3, 0.4) is 0 Å². The third kappa shape index (κ3) is 8.56. The van der Waals surface area contributed by atoms with Crippen molar-refractivity contribution in [1.29, 1.82) is 0 Å². The van der Waals surface area contributed by atoms with Crippen molar-refractivity contribution in [3.8, 4) is 11.5 Å². The van der Waals surface area contributed by atoms with E-state index in [-0.39, 0.29) is 41.2 Å². The molecule has 0 radical (unpaired) electrons. The predicted octanol–water partition coefficient (Wildman–Crippen LogP) is 6.11. The molecule has 10 heteroatoms. The lowest BCUT2D eigenvalue weighted by Gasteiger charge is -2.44. The topological polar surface area (TPSA) is 89.1 Å². The molecule has 8 nitrogen and oxygen atoms in total.